The molecule has 0 amide bonds. The largest absolute Gasteiger partial charge is 0.316 e. The molecule has 5 heteroatoms. The predicted molar refractivity (Wildman–Crippen MR) is 81.9 cm³/mol. The van der Waals surface area contributed by atoms with Crippen molar-refractivity contribution < 1.29 is 4.92 Å². The SMILES string of the molecule is CSCCCCCNCCc1ccc([N+](=O)[O-])cc1. The van der Waals surface area contributed by atoms with Crippen LogP contribution in [0.25, 0.3) is 0 Å². The number of nitro groups is 1. The van der Waals surface area contributed by atoms with Crippen molar-refractivity contribution in [3.63, 3.8) is 0 Å². The van der Waals surface area contributed by atoms with Crippen LogP contribution < -0.4 is 5.32 Å². The molecule has 4 nitrogen and oxygen atoms in total. The van der Waals surface area contributed by atoms with E-state index >= 15 is 0 Å². The smallest absolute Gasteiger partial charge is 0.269 e. The number of thioether (sulfide) groups is 1. The van der Waals surface area contributed by atoms with E-state index in [0.29, 0.717) is 0 Å². The average Bonchev–Trinajstić information content (AvgIpc) is 2.42. The Hall–Kier alpha value is -1.07. The van der Waals surface area contributed by atoms with Crippen LogP contribution in [0.5, 0.6) is 0 Å². The molecule has 0 radical (unpaired) electrons. The monoisotopic (exact) mass is 282 g/mol. The summed E-state index contributed by atoms with van der Waals surface area (Å²) in [6.45, 7) is 1.99. The van der Waals surface area contributed by atoms with Gasteiger partial charge in [-0.25, -0.2) is 0 Å². The molecule has 0 heterocycles. The summed E-state index contributed by atoms with van der Waals surface area (Å²) in [6, 6.07) is 6.80. The first kappa shape index (κ1) is 16.0. The van der Waals surface area contributed by atoms with Crippen LogP contribution in [-0.4, -0.2) is 30.0 Å². The van der Waals surface area contributed by atoms with E-state index in [2.05, 4.69) is 11.6 Å². The third kappa shape index (κ3) is 7.18. The van der Waals surface area contributed by atoms with E-state index in [1.807, 2.05) is 23.9 Å². The van der Waals surface area contributed by atoms with Crippen LogP contribution in [0.4, 0.5) is 5.69 Å². The lowest BCUT2D eigenvalue weighted by Gasteiger charge is -2.04. The molecular formula is C14H22N2O2S. The third-order valence-electron chi connectivity index (χ3n) is 2.94. The number of benzene rings is 1. The first-order chi connectivity index (χ1) is 9.24. The van der Waals surface area contributed by atoms with E-state index in [1.165, 1.54) is 25.0 Å². The molecular weight excluding hydrogens is 260 g/mol. The summed E-state index contributed by atoms with van der Waals surface area (Å²) >= 11 is 1.90. The molecule has 0 bridgehead atoms. The van der Waals surface area contributed by atoms with Gasteiger partial charge in [0.1, 0.15) is 0 Å². The number of nitrogens with zero attached hydrogens (tertiary/aromatic N) is 1. The fraction of sp³-hybridized carbons (Fsp3) is 0.571. The van der Waals surface area contributed by atoms with Gasteiger partial charge < -0.3 is 5.32 Å². The lowest BCUT2D eigenvalue weighted by molar-refractivity contribution is -0.384. The van der Waals surface area contributed by atoms with Gasteiger partial charge in [-0.15, -0.1) is 0 Å². The molecule has 0 spiro atoms. The fourth-order valence-corrected chi connectivity index (χ4v) is 2.31. The Morgan fingerprint density at radius 2 is 1.89 bits per heavy atom. The Morgan fingerprint density at radius 1 is 1.16 bits per heavy atom. The van der Waals surface area contributed by atoms with Crippen molar-refractivity contribution in [1.82, 2.24) is 5.32 Å². The molecule has 19 heavy (non-hydrogen) atoms. The molecule has 0 atom stereocenters. The van der Waals surface area contributed by atoms with Gasteiger partial charge >= 0.3 is 0 Å². The first-order valence-corrected chi connectivity index (χ1v) is 8.06. The minimum absolute atomic E-state index is 0.158. The maximum absolute atomic E-state index is 10.5. The Bertz CT molecular complexity index is 368. The maximum atomic E-state index is 10.5. The van der Waals surface area contributed by atoms with E-state index in [9.17, 15) is 10.1 Å². The Kier molecular flexibility index (Phi) is 8.25. The summed E-state index contributed by atoms with van der Waals surface area (Å²) in [7, 11) is 0. The van der Waals surface area contributed by atoms with Gasteiger partial charge in [-0.1, -0.05) is 18.6 Å². The highest BCUT2D eigenvalue weighted by atomic mass is 32.2. The average molecular weight is 282 g/mol. The van der Waals surface area contributed by atoms with Crippen LogP contribution in [-0.2, 0) is 6.42 Å². The quantitative estimate of drug-likeness (QED) is 0.406. The van der Waals surface area contributed by atoms with E-state index < -0.39 is 0 Å². The summed E-state index contributed by atoms with van der Waals surface area (Å²) in [5.41, 5.74) is 1.30. The molecule has 0 aliphatic heterocycles. The van der Waals surface area contributed by atoms with Gasteiger partial charge in [0.2, 0.25) is 0 Å². The summed E-state index contributed by atoms with van der Waals surface area (Å²) in [4.78, 5) is 10.1. The van der Waals surface area contributed by atoms with Crippen LogP contribution in [0.3, 0.4) is 0 Å². The van der Waals surface area contributed by atoms with Gasteiger partial charge in [-0.3, -0.25) is 10.1 Å². The molecule has 1 aromatic rings. The van der Waals surface area contributed by atoms with E-state index in [4.69, 9.17) is 0 Å². The van der Waals surface area contributed by atoms with Crippen molar-refractivity contribution in [3.8, 4) is 0 Å². The second-order valence-corrected chi connectivity index (χ2v) is 5.46. The fourth-order valence-electron chi connectivity index (χ4n) is 1.82. The van der Waals surface area contributed by atoms with Gasteiger partial charge in [-0.05, 0) is 49.9 Å². The number of hydrogen-bond donors (Lipinski definition) is 1. The van der Waals surface area contributed by atoms with Crippen molar-refractivity contribution in [3.05, 3.63) is 39.9 Å². The number of nitro benzene ring substituents is 1. The Morgan fingerprint density at radius 3 is 2.53 bits per heavy atom. The van der Waals surface area contributed by atoms with E-state index in [-0.39, 0.29) is 10.6 Å². The van der Waals surface area contributed by atoms with Gasteiger partial charge in [0, 0.05) is 12.1 Å². The van der Waals surface area contributed by atoms with Crippen LogP contribution in [0.15, 0.2) is 24.3 Å². The van der Waals surface area contributed by atoms with Crippen molar-refractivity contribution in [2.24, 2.45) is 0 Å². The minimum Gasteiger partial charge on any atom is -0.316 e. The van der Waals surface area contributed by atoms with Gasteiger partial charge in [0.05, 0.1) is 4.92 Å². The molecule has 1 N–H and O–H groups in total. The summed E-state index contributed by atoms with van der Waals surface area (Å²) in [5, 5.41) is 13.9. The molecule has 0 saturated carbocycles. The molecule has 1 rings (SSSR count). The highest BCUT2D eigenvalue weighted by Crippen LogP contribution is 2.11. The molecule has 0 saturated heterocycles. The highest BCUT2D eigenvalue weighted by Gasteiger charge is 2.03. The maximum Gasteiger partial charge on any atom is 0.269 e. The van der Waals surface area contributed by atoms with Crippen molar-refractivity contribution in [2.45, 2.75) is 25.7 Å². The number of unbranched alkanes of at least 4 members (excludes halogenated alkanes) is 2. The number of hydrogen-bond acceptors (Lipinski definition) is 4. The lowest BCUT2D eigenvalue weighted by atomic mass is 10.1. The molecule has 0 aromatic heterocycles. The van der Waals surface area contributed by atoms with E-state index in [1.54, 1.807) is 12.1 Å². The molecule has 0 aliphatic carbocycles. The van der Waals surface area contributed by atoms with Crippen LogP contribution in [0, 0.1) is 10.1 Å². The first-order valence-electron chi connectivity index (χ1n) is 6.67. The number of rotatable bonds is 10. The predicted octanol–water partition coefficient (Wildman–Crippen LogP) is 3.26. The summed E-state index contributed by atoms with van der Waals surface area (Å²) in [6.07, 6.45) is 6.86. The normalized spacial score (nSPS) is 10.6. The summed E-state index contributed by atoms with van der Waals surface area (Å²) < 4.78 is 0. The van der Waals surface area contributed by atoms with Crippen LogP contribution >= 0.6 is 11.8 Å². The zero-order chi connectivity index (χ0) is 13.9. The third-order valence-corrected chi connectivity index (χ3v) is 3.64. The molecule has 0 aliphatic rings. The molecule has 0 unspecified atom stereocenters. The zero-order valence-electron chi connectivity index (χ0n) is 11.4. The van der Waals surface area contributed by atoms with Gasteiger partial charge in [-0.2, -0.15) is 11.8 Å². The van der Waals surface area contributed by atoms with Crippen molar-refractivity contribution in [1.29, 1.82) is 0 Å². The highest BCUT2D eigenvalue weighted by molar-refractivity contribution is 7.98. The number of nitrogens with one attached hydrogen (secondary N) is 1. The Balaban J connectivity index is 2.07. The van der Waals surface area contributed by atoms with Crippen molar-refractivity contribution in [2.75, 3.05) is 25.1 Å². The topological polar surface area (TPSA) is 55.2 Å². The molecule has 0 fully saturated rings. The minimum atomic E-state index is -0.364. The van der Waals surface area contributed by atoms with Crippen LogP contribution in [0.1, 0.15) is 24.8 Å². The van der Waals surface area contributed by atoms with Gasteiger partial charge in [0.25, 0.3) is 5.69 Å². The second kappa shape index (κ2) is 9.81. The van der Waals surface area contributed by atoms with Crippen LogP contribution in [0.2, 0.25) is 0 Å². The standard InChI is InChI=1S/C14H22N2O2S/c1-19-12-4-2-3-10-15-11-9-13-5-7-14(8-6-13)16(17)18/h5-8,15H,2-4,9-12H2,1H3. The second-order valence-electron chi connectivity index (χ2n) is 4.48. The summed E-state index contributed by atoms with van der Waals surface area (Å²) in [5.74, 6) is 1.25. The van der Waals surface area contributed by atoms with Gasteiger partial charge in [0.15, 0.2) is 0 Å². The molecule has 1 aromatic carbocycles. The zero-order valence-corrected chi connectivity index (χ0v) is 12.2. The lowest BCUT2D eigenvalue weighted by Crippen LogP contribution is -2.18. The number of non-ortho nitro benzene ring substituents is 1. The van der Waals surface area contributed by atoms with Crippen molar-refractivity contribution >= 4 is 17.4 Å². The Labute approximate surface area is 119 Å². The van der Waals surface area contributed by atoms with E-state index in [0.717, 1.165) is 25.1 Å². The molecule has 106 valence electrons.